The first-order valence-electron chi connectivity index (χ1n) is 6.69. The SMILES string of the molecule is CC(C)(C)Oc1ccc(CNC2=NCCCN2)cn1. The molecule has 0 atom stereocenters. The highest BCUT2D eigenvalue weighted by molar-refractivity contribution is 5.80. The number of nitrogens with zero attached hydrogens (tertiary/aromatic N) is 2. The second-order valence-corrected chi connectivity index (χ2v) is 5.58. The Labute approximate surface area is 114 Å². The highest BCUT2D eigenvalue weighted by Gasteiger charge is 2.12. The summed E-state index contributed by atoms with van der Waals surface area (Å²) in [7, 11) is 0. The minimum atomic E-state index is -0.215. The molecular formula is C14H22N4O. The number of guanidine groups is 1. The highest BCUT2D eigenvalue weighted by Crippen LogP contribution is 2.15. The Bertz CT molecular complexity index is 434. The van der Waals surface area contributed by atoms with Crippen molar-refractivity contribution in [1.29, 1.82) is 0 Å². The molecule has 19 heavy (non-hydrogen) atoms. The van der Waals surface area contributed by atoms with Gasteiger partial charge in [0.25, 0.3) is 0 Å². The number of hydrogen-bond donors (Lipinski definition) is 2. The summed E-state index contributed by atoms with van der Waals surface area (Å²) in [6.45, 7) is 8.63. The average Bonchev–Trinajstić information content (AvgIpc) is 2.37. The molecule has 0 saturated carbocycles. The minimum Gasteiger partial charge on any atom is -0.472 e. The maximum Gasteiger partial charge on any atom is 0.213 e. The Morgan fingerprint density at radius 3 is 2.79 bits per heavy atom. The van der Waals surface area contributed by atoms with Gasteiger partial charge in [-0.2, -0.15) is 0 Å². The highest BCUT2D eigenvalue weighted by atomic mass is 16.5. The topological polar surface area (TPSA) is 58.5 Å². The van der Waals surface area contributed by atoms with Crippen LogP contribution in [-0.2, 0) is 6.54 Å². The lowest BCUT2D eigenvalue weighted by Gasteiger charge is -2.20. The Balaban J connectivity index is 1.86. The first-order chi connectivity index (χ1) is 9.03. The molecule has 0 fully saturated rings. The number of aliphatic imine (C=N–C) groups is 1. The molecule has 104 valence electrons. The molecular weight excluding hydrogens is 240 g/mol. The predicted molar refractivity (Wildman–Crippen MR) is 76.4 cm³/mol. The summed E-state index contributed by atoms with van der Waals surface area (Å²) >= 11 is 0. The quantitative estimate of drug-likeness (QED) is 0.870. The van der Waals surface area contributed by atoms with Gasteiger partial charge in [0.15, 0.2) is 5.96 Å². The van der Waals surface area contributed by atoms with Crippen molar-refractivity contribution < 1.29 is 4.74 Å². The Morgan fingerprint density at radius 2 is 2.21 bits per heavy atom. The molecule has 0 bridgehead atoms. The fourth-order valence-corrected chi connectivity index (χ4v) is 1.73. The molecule has 2 rings (SSSR count). The summed E-state index contributed by atoms with van der Waals surface area (Å²) in [5.74, 6) is 1.53. The Hall–Kier alpha value is -1.78. The van der Waals surface area contributed by atoms with Crippen molar-refractivity contribution in [3.05, 3.63) is 23.9 Å². The van der Waals surface area contributed by atoms with Gasteiger partial charge in [-0.05, 0) is 32.8 Å². The van der Waals surface area contributed by atoms with Crippen molar-refractivity contribution >= 4 is 5.96 Å². The van der Waals surface area contributed by atoms with Gasteiger partial charge in [0.1, 0.15) is 5.60 Å². The Morgan fingerprint density at radius 1 is 1.37 bits per heavy atom. The van der Waals surface area contributed by atoms with Crippen LogP contribution in [-0.4, -0.2) is 29.6 Å². The summed E-state index contributed by atoms with van der Waals surface area (Å²) in [5, 5.41) is 6.49. The van der Waals surface area contributed by atoms with E-state index in [-0.39, 0.29) is 5.60 Å². The summed E-state index contributed by atoms with van der Waals surface area (Å²) < 4.78 is 5.68. The molecule has 5 heteroatoms. The van der Waals surface area contributed by atoms with Crippen LogP contribution in [0.5, 0.6) is 5.88 Å². The van der Waals surface area contributed by atoms with Crippen LogP contribution in [0.1, 0.15) is 32.8 Å². The van der Waals surface area contributed by atoms with Crippen LogP contribution in [0.2, 0.25) is 0 Å². The third-order valence-corrected chi connectivity index (χ3v) is 2.57. The number of hydrogen-bond acceptors (Lipinski definition) is 5. The molecule has 0 saturated heterocycles. The fraction of sp³-hybridized carbons (Fsp3) is 0.571. The zero-order chi connectivity index (χ0) is 13.7. The minimum absolute atomic E-state index is 0.215. The van der Waals surface area contributed by atoms with Gasteiger partial charge in [-0.25, -0.2) is 4.98 Å². The third kappa shape index (κ3) is 4.77. The van der Waals surface area contributed by atoms with Crippen LogP contribution >= 0.6 is 0 Å². The largest absolute Gasteiger partial charge is 0.472 e. The van der Waals surface area contributed by atoms with Crippen LogP contribution in [0.3, 0.4) is 0 Å². The van der Waals surface area contributed by atoms with Crippen LogP contribution in [0, 0.1) is 0 Å². The van der Waals surface area contributed by atoms with E-state index < -0.39 is 0 Å². The fourth-order valence-electron chi connectivity index (χ4n) is 1.73. The van der Waals surface area contributed by atoms with E-state index in [0.717, 1.165) is 31.0 Å². The van der Waals surface area contributed by atoms with Gasteiger partial charge in [0.2, 0.25) is 5.88 Å². The van der Waals surface area contributed by atoms with Crippen molar-refractivity contribution in [2.45, 2.75) is 39.3 Å². The number of rotatable bonds is 3. The lowest BCUT2D eigenvalue weighted by atomic mass is 10.2. The first kappa shape index (κ1) is 13.6. The van der Waals surface area contributed by atoms with E-state index in [0.29, 0.717) is 12.4 Å². The number of nitrogens with one attached hydrogen (secondary N) is 2. The van der Waals surface area contributed by atoms with E-state index in [1.165, 1.54) is 0 Å². The standard InChI is InChI=1S/C14H22N4O/c1-14(2,3)19-12-6-5-11(9-17-12)10-18-13-15-7-4-8-16-13/h5-6,9H,4,7-8,10H2,1-3H3,(H2,15,16,18). The molecule has 0 unspecified atom stereocenters. The molecule has 1 aromatic heterocycles. The number of aromatic nitrogens is 1. The predicted octanol–water partition coefficient (Wildman–Crippen LogP) is 1.70. The smallest absolute Gasteiger partial charge is 0.213 e. The van der Waals surface area contributed by atoms with Crippen molar-refractivity contribution in [2.24, 2.45) is 4.99 Å². The second-order valence-electron chi connectivity index (χ2n) is 5.58. The summed E-state index contributed by atoms with van der Waals surface area (Å²) in [6.07, 6.45) is 2.93. The van der Waals surface area contributed by atoms with Crippen molar-refractivity contribution in [3.63, 3.8) is 0 Å². The van der Waals surface area contributed by atoms with Crippen LogP contribution < -0.4 is 15.4 Å². The number of pyridine rings is 1. The maximum absolute atomic E-state index is 5.68. The van der Waals surface area contributed by atoms with Gasteiger partial charge in [-0.3, -0.25) is 4.99 Å². The molecule has 0 amide bonds. The molecule has 2 N–H and O–H groups in total. The molecule has 1 aliphatic rings. The second kappa shape index (κ2) is 5.91. The average molecular weight is 262 g/mol. The molecule has 0 spiro atoms. The molecule has 0 radical (unpaired) electrons. The molecule has 1 aromatic rings. The zero-order valence-electron chi connectivity index (χ0n) is 11.9. The van der Waals surface area contributed by atoms with Gasteiger partial charge in [0.05, 0.1) is 0 Å². The molecule has 2 heterocycles. The van der Waals surface area contributed by atoms with Gasteiger partial charge >= 0.3 is 0 Å². The Kier molecular flexibility index (Phi) is 4.24. The molecule has 1 aliphatic heterocycles. The normalized spacial score (nSPS) is 15.4. The van der Waals surface area contributed by atoms with Crippen LogP contribution in [0.4, 0.5) is 0 Å². The van der Waals surface area contributed by atoms with Gasteiger partial charge in [-0.15, -0.1) is 0 Å². The van der Waals surface area contributed by atoms with E-state index in [1.54, 1.807) is 0 Å². The third-order valence-electron chi connectivity index (χ3n) is 2.57. The summed E-state index contributed by atoms with van der Waals surface area (Å²) in [4.78, 5) is 8.67. The lowest BCUT2D eigenvalue weighted by Crippen LogP contribution is -2.40. The van der Waals surface area contributed by atoms with E-state index in [4.69, 9.17) is 4.74 Å². The number of ether oxygens (including phenoxy) is 1. The van der Waals surface area contributed by atoms with Crippen molar-refractivity contribution in [3.8, 4) is 5.88 Å². The van der Waals surface area contributed by atoms with E-state index >= 15 is 0 Å². The molecule has 0 aromatic carbocycles. The van der Waals surface area contributed by atoms with E-state index in [9.17, 15) is 0 Å². The maximum atomic E-state index is 5.68. The van der Waals surface area contributed by atoms with E-state index in [2.05, 4.69) is 20.6 Å². The van der Waals surface area contributed by atoms with E-state index in [1.807, 2.05) is 39.1 Å². The summed E-state index contributed by atoms with van der Waals surface area (Å²) in [5.41, 5.74) is 0.893. The van der Waals surface area contributed by atoms with Crippen LogP contribution in [0.25, 0.3) is 0 Å². The first-order valence-corrected chi connectivity index (χ1v) is 6.69. The zero-order valence-corrected chi connectivity index (χ0v) is 11.9. The molecule has 0 aliphatic carbocycles. The van der Waals surface area contributed by atoms with Gasteiger partial charge in [0, 0.05) is 31.9 Å². The van der Waals surface area contributed by atoms with Crippen molar-refractivity contribution in [1.82, 2.24) is 15.6 Å². The van der Waals surface area contributed by atoms with Gasteiger partial charge < -0.3 is 15.4 Å². The monoisotopic (exact) mass is 262 g/mol. The lowest BCUT2D eigenvalue weighted by molar-refractivity contribution is 0.124. The van der Waals surface area contributed by atoms with Gasteiger partial charge in [-0.1, -0.05) is 6.07 Å². The summed E-state index contributed by atoms with van der Waals surface area (Å²) in [6, 6.07) is 3.92. The van der Waals surface area contributed by atoms with Crippen LogP contribution in [0.15, 0.2) is 23.3 Å². The van der Waals surface area contributed by atoms with Crippen molar-refractivity contribution in [2.75, 3.05) is 13.1 Å². The molecule has 5 nitrogen and oxygen atoms in total.